The predicted molar refractivity (Wildman–Crippen MR) is 86.7 cm³/mol. The molecule has 0 amide bonds. The van der Waals surface area contributed by atoms with E-state index in [4.69, 9.17) is 14.9 Å². The van der Waals surface area contributed by atoms with Crippen LogP contribution >= 0.6 is 0 Å². The second-order valence-electron chi connectivity index (χ2n) is 4.59. The number of hydrogen-bond donors (Lipinski definition) is 1. The quantitative estimate of drug-likeness (QED) is 0.594. The van der Waals surface area contributed by atoms with Gasteiger partial charge in [-0.3, -0.25) is 9.98 Å². The van der Waals surface area contributed by atoms with Gasteiger partial charge in [-0.05, 0) is 6.07 Å². The van der Waals surface area contributed by atoms with E-state index in [1.807, 2.05) is 24.3 Å². The molecule has 0 saturated carbocycles. The van der Waals surface area contributed by atoms with Crippen molar-refractivity contribution in [1.82, 2.24) is 4.98 Å². The first-order valence-electron chi connectivity index (χ1n) is 6.73. The summed E-state index contributed by atoms with van der Waals surface area (Å²) in [6.45, 7) is 0. The van der Waals surface area contributed by atoms with Crippen molar-refractivity contribution in [3.8, 4) is 5.75 Å². The van der Waals surface area contributed by atoms with Crippen LogP contribution in [-0.2, 0) is 0 Å². The molecule has 0 spiro atoms. The molecule has 0 atom stereocenters. The molecule has 2 N–H and O–H groups in total. The lowest BCUT2D eigenvalue weighted by Crippen LogP contribution is -2.33. The average molecular weight is 296 g/mol. The summed E-state index contributed by atoms with van der Waals surface area (Å²) in [6, 6.07) is 9.59. The molecule has 22 heavy (non-hydrogen) atoms. The van der Waals surface area contributed by atoms with Gasteiger partial charge in [-0.15, -0.1) is 0 Å². The zero-order valence-electron chi connectivity index (χ0n) is 12.4. The van der Waals surface area contributed by atoms with Crippen molar-refractivity contribution >= 4 is 28.3 Å². The number of fused-ring (bicyclic) bond motifs is 1. The van der Waals surface area contributed by atoms with Crippen LogP contribution in [0.15, 0.2) is 58.4 Å². The Hall–Kier alpha value is -3.02. The van der Waals surface area contributed by atoms with Crippen molar-refractivity contribution in [3.63, 3.8) is 0 Å². The third-order valence-electron chi connectivity index (χ3n) is 3.37. The Morgan fingerprint density at radius 2 is 2.14 bits per heavy atom. The number of nitrogens with two attached hydrogens (primary N) is 1. The number of nitrogens with zero attached hydrogens (tertiary/aromatic N) is 3. The molecule has 3 rings (SSSR count). The van der Waals surface area contributed by atoms with Gasteiger partial charge in [0.15, 0.2) is 0 Å². The van der Waals surface area contributed by atoms with E-state index in [1.165, 1.54) is 0 Å². The number of ether oxygens (including phenoxy) is 1. The molecule has 0 aliphatic carbocycles. The van der Waals surface area contributed by atoms with E-state index in [1.54, 1.807) is 43.8 Å². The van der Waals surface area contributed by atoms with Crippen molar-refractivity contribution in [2.45, 2.75) is 0 Å². The van der Waals surface area contributed by atoms with Crippen LogP contribution in [0.2, 0.25) is 0 Å². The number of guanidine groups is 1. The van der Waals surface area contributed by atoms with Gasteiger partial charge in [0, 0.05) is 30.1 Å². The molecule has 0 saturated heterocycles. The number of benzene rings is 1. The van der Waals surface area contributed by atoms with Crippen LogP contribution in [0.3, 0.4) is 0 Å². The molecular weight excluding hydrogens is 280 g/mol. The van der Waals surface area contributed by atoms with Gasteiger partial charge in [-0.25, -0.2) is 4.90 Å². The predicted octanol–water partition coefficient (Wildman–Crippen LogP) is 2.92. The SMILES string of the molecule is CN=C(N)N(c1cnccc1OC)c1occ2ccccc12. The zero-order chi connectivity index (χ0) is 15.5. The minimum Gasteiger partial charge on any atom is -0.494 e. The number of pyridine rings is 1. The molecule has 0 unspecified atom stereocenters. The fraction of sp³-hybridized carbons (Fsp3) is 0.125. The topological polar surface area (TPSA) is 76.9 Å². The molecule has 0 aliphatic heterocycles. The average Bonchev–Trinajstić information content (AvgIpc) is 2.99. The summed E-state index contributed by atoms with van der Waals surface area (Å²) in [7, 11) is 3.22. The highest BCUT2D eigenvalue weighted by molar-refractivity contribution is 6.08. The second kappa shape index (κ2) is 5.77. The van der Waals surface area contributed by atoms with Gasteiger partial charge >= 0.3 is 0 Å². The monoisotopic (exact) mass is 296 g/mol. The minimum absolute atomic E-state index is 0.284. The fourth-order valence-electron chi connectivity index (χ4n) is 2.30. The number of hydrogen-bond acceptors (Lipinski definition) is 4. The van der Waals surface area contributed by atoms with Crippen molar-refractivity contribution in [2.75, 3.05) is 19.1 Å². The number of rotatable bonds is 3. The summed E-state index contributed by atoms with van der Waals surface area (Å²) in [4.78, 5) is 9.92. The summed E-state index contributed by atoms with van der Waals surface area (Å²) >= 11 is 0. The molecule has 112 valence electrons. The Morgan fingerprint density at radius 3 is 2.91 bits per heavy atom. The molecule has 6 nitrogen and oxygen atoms in total. The van der Waals surface area contributed by atoms with E-state index >= 15 is 0 Å². The highest BCUT2D eigenvalue weighted by Crippen LogP contribution is 2.37. The van der Waals surface area contributed by atoms with E-state index in [2.05, 4.69) is 9.98 Å². The van der Waals surface area contributed by atoms with Crippen LogP contribution in [0, 0.1) is 0 Å². The van der Waals surface area contributed by atoms with Crippen molar-refractivity contribution in [1.29, 1.82) is 0 Å². The van der Waals surface area contributed by atoms with Gasteiger partial charge in [-0.2, -0.15) is 0 Å². The number of methoxy groups -OCH3 is 1. The number of aliphatic imine (C=N–C) groups is 1. The van der Waals surface area contributed by atoms with Gasteiger partial charge in [0.05, 0.1) is 13.3 Å². The highest BCUT2D eigenvalue weighted by Gasteiger charge is 2.22. The number of aromatic nitrogens is 1. The van der Waals surface area contributed by atoms with E-state index in [9.17, 15) is 0 Å². The molecule has 2 heterocycles. The number of anilines is 2. The molecule has 6 heteroatoms. The third-order valence-corrected chi connectivity index (χ3v) is 3.37. The van der Waals surface area contributed by atoms with Crippen LogP contribution in [0.1, 0.15) is 0 Å². The Kier molecular flexibility index (Phi) is 3.65. The molecular formula is C16H16N4O2. The van der Waals surface area contributed by atoms with Crippen molar-refractivity contribution in [2.24, 2.45) is 10.7 Å². The van der Waals surface area contributed by atoms with Crippen LogP contribution in [0.4, 0.5) is 11.6 Å². The highest BCUT2D eigenvalue weighted by atomic mass is 16.5. The summed E-state index contributed by atoms with van der Waals surface area (Å²) < 4.78 is 11.1. The maximum Gasteiger partial charge on any atom is 0.214 e. The third kappa shape index (κ3) is 2.24. The molecule has 1 aromatic carbocycles. The standard InChI is InChI=1S/C16H16N4O2/c1-18-16(17)20(13-9-19-8-7-14(13)21-2)15-12-6-4-3-5-11(12)10-22-15/h3-10H,1-2H3,(H2,17,18). The van der Waals surface area contributed by atoms with Gasteiger partial charge in [0.2, 0.25) is 11.8 Å². The van der Waals surface area contributed by atoms with E-state index in [0.29, 0.717) is 17.3 Å². The van der Waals surface area contributed by atoms with Crippen LogP contribution in [-0.4, -0.2) is 25.1 Å². The number of furan rings is 1. The van der Waals surface area contributed by atoms with Gasteiger partial charge in [0.1, 0.15) is 17.7 Å². The van der Waals surface area contributed by atoms with Crippen LogP contribution < -0.4 is 15.4 Å². The van der Waals surface area contributed by atoms with Crippen LogP contribution in [0.5, 0.6) is 5.75 Å². The fourth-order valence-corrected chi connectivity index (χ4v) is 2.30. The Labute approximate surface area is 127 Å². The second-order valence-corrected chi connectivity index (χ2v) is 4.59. The zero-order valence-corrected chi connectivity index (χ0v) is 12.4. The normalized spacial score (nSPS) is 11.6. The minimum atomic E-state index is 0.284. The largest absolute Gasteiger partial charge is 0.494 e. The van der Waals surface area contributed by atoms with Gasteiger partial charge in [-0.1, -0.05) is 18.2 Å². The lowest BCUT2D eigenvalue weighted by Gasteiger charge is -2.22. The molecule has 0 radical (unpaired) electrons. The maximum absolute atomic E-state index is 6.09. The molecule has 0 aliphatic rings. The first-order chi connectivity index (χ1) is 10.8. The first-order valence-corrected chi connectivity index (χ1v) is 6.73. The smallest absolute Gasteiger partial charge is 0.214 e. The van der Waals surface area contributed by atoms with Crippen LogP contribution in [0.25, 0.3) is 10.8 Å². The first kappa shape index (κ1) is 13.9. The Morgan fingerprint density at radius 1 is 1.32 bits per heavy atom. The van der Waals surface area contributed by atoms with Crippen molar-refractivity contribution < 1.29 is 9.15 Å². The summed E-state index contributed by atoms with van der Waals surface area (Å²) in [6.07, 6.45) is 5.00. The van der Waals surface area contributed by atoms with Gasteiger partial charge in [0.25, 0.3) is 0 Å². The molecule has 2 aromatic heterocycles. The van der Waals surface area contributed by atoms with E-state index in [-0.39, 0.29) is 5.96 Å². The summed E-state index contributed by atoms with van der Waals surface area (Å²) in [5, 5.41) is 1.91. The van der Waals surface area contributed by atoms with Gasteiger partial charge < -0.3 is 14.9 Å². The maximum atomic E-state index is 6.09. The molecule has 3 aromatic rings. The summed E-state index contributed by atoms with van der Waals surface area (Å²) in [5.74, 6) is 1.48. The lowest BCUT2D eigenvalue weighted by atomic mass is 10.2. The summed E-state index contributed by atoms with van der Waals surface area (Å²) in [5.41, 5.74) is 6.75. The molecule has 0 bridgehead atoms. The Balaban J connectivity index is 2.24. The van der Waals surface area contributed by atoms with Crippen molar-refractivity contribution in [3.05, 3.63) is 49.0 Å². The Bertz CT molecular complexity index is 826. The molecule has 0 fully saturated rings. The lowest BCUT2D eigenvalue weighted by molar-refractivity contribution is 0.415. The van der Waals surface area contributed by atoms with E-state index in [0.717, 1.165) is 10.8 Å². The van der Waals surface area contributed by atoms with E-state index < -0.39 is 0 Å².